The van der Waals surface area contributed by atoms with Crippen LogP contribution in [0, 0.1) is 5.92 Å². The Morgan fingerprint density at radius 2 is 2.27 bits per heavy atom. The average molecular weight is 357 g/mol. The number of nitrogens with zero attached hydrogens (tertiary/aromatic N) is 3. The van der Waals surface area contributed by atoms with Gasteiger partial charge in [-0.2, -0.15) is 5.10 Å². The zero-order valence-electron chi connectivity index (χ0n) is 15.4. The zero-order chi connectivity index (χ0) is 18.4. The summed E-state index contributed by atoms with van der Waals surface area (Å²) in [5.74, 6) is 0.894. The van der Waals surface area contributed by atoms with Crippen molar-refractivity contribution < 1.29 is 9.53 Å². The first kappa shape index (κ1) is 18.5. The fourth-order valence-electron chi connectivity index (χ4n) is 3.41. The lowest BCUT2D eigenvalue weighted by Crippen LogP contribution is -2.33. The molecule has 0 aromatic carbocycles. The van der Waals surface area contributed by atoms with E-state index in [9.17, 15) is 4.79 Å². The molecule has 3 heterocycles. The van der Waals surface area contributed by atoms with Gasteiger partial charge in [-0.25, -0.2) is 4.98 Å². The van der Waals surface area contributed by atoms with E-state index in [-0.39, 0.29) is 12.0 Å². The Balaban J connectivity index is 1.55. The minimum Gasteiger partial charge on any atom is -0.372 e. The number of aromatic nitrogens is 3. The molecule has 1 aliphatic heterocycles. The van der Waals surface area contributed by atoms with Gasteiger partial charge in [0.25, 0.3) is 0 Å². The van der Waals surface area contributed by atoms with Crippen LogP contribution < -0.4 is 10.6 Å². The second kappa shape index (κ2) is 8.91. The molecule has 1 fully saturated rings. The molecular weight excluding hydrogens is 330 g/mol. The molecule has 2 atom stereocenters. The molecule has 0 bridgehead atoms. The fraction of sp³-hybridized carbons (Fsp3) is 0.526. The lowest BCUT2D eigenvalue weighted by molar-refractivity contribution is -0.114. The normalized spacial score (nSPS) is 20.1. The molecule has 0 saturated carbocycles. The lowest BCUT2D eigenvalue weighted by atomic mass is 9.92. The summed E-state index contributed by atoms with van der Waals surface area (Å²) in [4.78, 5) is 15.3. The number of pyridine rings is 1. The highest BCUT2D eigenvalue weighted by Gasteiger charge is 2.29. The molecule has 0 aliphatic carbocycles. The smallest absolute Gasteiger partial charge is 0.222 e. The second-order valence-electron chi connectivity index (χ2n) is 6.63. The largest absolute Gasteiger partial charge is 0.372 e. The minimum absolute atomic E-state index is 0.0963. The molecule has 0 spiro atoms. The molecule has 26 heavy (non-hydrogen) atoms. The van der Waals surface area contributed by atoms with Crippen LogP contribution in [0.5, 0.6) is 0 Å². The van der Waals surface area contributed by atoms with Crippen molar-refractivity contribution in [3.8, 4) is 0 Å². The minimum atomic E-state index is -0.113. The number of nitrogens with one attached hydrogen (secondary N) is 2. The summed E-state index contributed by atoms with van der Waals surface area (Å²) in [7, 11) is 0. The molecule has 7 heteroatoms. The van der Waals surface area contributed by atoms with Crippen LogP contribution in [-0.4, -0.2) is 33.8 Å². The Hall–Kier alpha value is -2.25. The molecule has 1 amide bonds. The molecular formula is C19H27N5O2. The number of ether oxygens (including phenoxy) is 1. The molecule has 1 saturated heterocycles. The maximum absolute atomic E-state index is 11.0. The number of carbonyl (C=O) groups excluding carboxylic acids is 1. The molecule has 0 unspecified atom stereocenters. The molecule has 1 aliphatic rings. The van der Waals surface area contributed by atoms with Crippen molar-refractivity contribution in [1.82, 2.24) is 20.1 Å². The maximum atomic E-state index is 11.0. The first-order chi connectivity index (χ1) is 12.7. The molecule has 0 radical (unpaired) electrons. The van der Waals surface area contributed by atoms with Crippen molar-refractivity contribution in [1.29, 1.82) is 0 Å². The first-order valence-corrected chi connectivity index (χ1v) is 9.24. The number of aryl methyl sites for hydroxylation is 1. The van der Waals surface area contributed by atoms with Gasteiger partial charge in [-0.3, -0.25) is 9.48 Å². The summed E-state index contributed by atoms with van der Waals surface area (Å²) in [5, 5.41) is 10.6. The van der Waals surface area contributed by atoms with E-state index in [2.05, 4.69) is 33.7 Å². The van der Waals surface area contributed by atoms with E-state index in [1.807, 2.05) is 23.0 Å². The van der Waals surface area contributed by atoms with E-state index >= 15 is 0 Å². The van der Waals surface area contributed by atoms with E-state index in [4.69, 9.17) is 4.74 Å². The summed E-state index contributed by atoms with van der Waals surface area (Å²) < 4.78 is 8.10. The van der Waals surface area contributed by atoms with Gasteiger partial charge in [-0.05, 0) is 37.5 Å². The van der Waals surface area contributed by atoms with Gasteiger partial charge < -0.3 is 15.4 Å². The van der Waals surface area contributed by atoms with E-state index in [0.29, 0.717) is 11.7 Å². The predicted octanol–water partition coefficient (Wildman–Crippen LogP) is 2.51. The maximum Gasteiger partial charge on any atom is 0.222 e. The average Bonchev–Trinajstić information content (AvgIpc) is 3.12. The van der Waals surface area contributed by atoms with Gasteiger partial charge in [0.15, 0.2) is 0 Å². The monoisotopic (exact) mass is 357 g/mol. The highest BCUT2D eigenvalue weighted by molar-refractivity contribution is 5.87. The van der Waals surface area contributed by atoms with E-state index in [1.165, 1.54) is 12.6 Å². The van der Waals surface area contributed by atoms with Gasteiger partial charge in [0.2, 0.25) is 5.91 Å². The van der Waals surface area contributed by atoms with Crippen molar-refractivity contribution >= 4 is 11.7 Å². The second-order valence-corrected chi connectivity index (χ2v) is 6.63. The third-order valence-electron chi connectivity index (χ3n) is 4.65. The highest BCUT2D eigenvalue weighted by Crippen LogP contribution is 2.33. The SMILES string of the molecule is CCn1nccc1[C@@H]1OCCC[C@H]1CNCc1ccc(NC(C)=O)nc1. The van der Waals surface area contributed by atoms with Crippen LogP contribution >= 0.6 is 0 Å². The molecule has 2 N–H and O–H groups in total. The molecule has 2 aromatic rings. The quantitative estimate of drug-likeness (QED) is 0.796. The van der Waals surface area contributed by atoms with Crippen LogP contribution in [0.25, 0.3) is 0 Å². The van der Waals surface area contributed by atoms with Gasteiger partial charge >= 0.3 is 0 Å². The number of rotatable bonds is 7. The summed E-state index contributed by atoms with van der Waals surface area (Å²) >= 11 is 0. The molecule has 2 aromatic heterocycles. The lowest BCUT2D eigenvalue weighted by Gasteiger charge is -2.32. The molecule has 7 nitrogen and oxygen atoms in total. The third kappa shape index (κ3) is 4.68. The zero-order valence-corrected chi connectivity index (χ0v) is 15.4. The van der Waals surface area contributed by atoms with Crippen LogP contribution in [0.3, 0.4) is 0 Å². The third-order valence-corrected chi connectivity index (χ3v) is 4.65. The number of hydrogen-bond donors (Lipinski definition) is 2. The Labute approximate surface area is 154 Å². The number of anilines is 1. The van der Waals surface area contributed by atoms with Crippen molar-refractivity contribution in [3.05, 3.63) is 41.9 Å². The molecule has 140 valence electrons. The van der Waals surface area contributed by atoms with Crippen LogP contribution in [0.15, 0.2) is 30.6 Å². The van der Waals surface area contributed by atoms with Gasteiger partial charge in [0.1, 0.15) is 11.9 Å². The predicted molar refractivity (Wildman–Crippen MR) is 99.6 cm³/mol. The number of amides is 1. The van der Waals surface area contributed by atoms with E-state index in [0.717, 1.165) is 44.6 Å². The van der Waals surface area contributed by atoms with Crippen LogP contribution in [0.1, 0.15) is 44.1 Å². The van der Waals surface area contributed by atoms with Crippen molar-refractivity contribution in [2.45, 2.75) is 45.9 Å². The molecule has 3 rings (SSSR count). The van der Waals surface area contributed by atoms with Crippen LogP contribution in [0.4, 0.5) is 5.82 Å². The van der Waals surface area contributed by atoms with Crippen LogP contribution in [-0.2, 0) is 22.6 Å². The topological polar surface area (TPSA) is 81.1 Å². The number of carbonyl (C=O) groups is 1. The van der Waals surface area contributed by atoms with Crippen molar-refractivity contribution in [2.75, 3.05) is 18.5 Å². The summed E-state index contributed by atoms with van der Waals surface area (Å²) in [6.07, 6.45) is 5.98. The fourth-order valence-corrected chi connectivity index (χ4v) is 3.41. The van der Waals surface area contributed by atoms with E-state index < -0.39 is 0 Å². The Morgan fingerprint density at radius 1 is 1.38 bits per heavy atom. The van der Waals surface area contributed by atoms with Crippen LogP contribution in [0.2, 0.25) is 0 Å². The first-order valence-electron chi connectivity index (χ1n) is 9.24. The highest BCUT2D eigenvalue weighted by atomic mass is 16.5. The van der Waals surface area contributed by atoms with Gasteiger partial charge in [0.05, 0.1) is 5.69 Å². The van der Waals surface area contributed by atoms with Gasteiger partial charge in [-0.1, -0.05) is 6.07 Å². The Bertz CT molecular complexity index is 713. The van der Waals surface area contributed by atoms with Gasteiger partial charge in [0, 0.05) is 51.5 Å². The van der Waals surface area contributed by atoms with Gasteiger partial charge in [-0.15, -0.1) is 0 Å². The number of hydrogen-bond acceptors (Lipinski definition) is 5. The summed E-state index contributed by atoms with van der Waals surface area (Å²) in [6.45, 7) is 6.87. The Morgan fingerprint density at radius 3 is 3.00 bits per heavy atom. The van der Waals surface area contributed by atoms with E-state index in [1.54, 1.807) is 6.20 Å². The van der Waals surface area contributed by atoms with Crippen molar-refractivity contribution in [3.63, 3.8) is 0 Å². The summed E-state index contributed by atoms with van der Waals surface area (Å²) in [6, 6.07) is 5.87. The standard InChI is InChI=1S/C19H27N5O2/c1-3-24-17(8-9-22-24)19-16(5-4-10-26-19)13-20-11-15-6-7-18(21-12-15)23-14(2)25/h6-9,12,16,19-20H,3-5,10-11,13H2,1-2H3,(H,21,23,25)/t16-,19+/m0/s1. The Kier molecular flexibility index (Phi) is 6.35. The van der Waals surface area contributed by atoms with Crippen molar-refractivity contribution in [2.24, 2.45) is 5.92 Å². The summed E-state index contributed by atoms with van der Waals surface area (Å²) in [5.41, 5.74) is 2.26.